The van der Waals surface area contributed by atoms with Gasteiger partial charge in [0.05, 0.1) is 0 Å². The van der Waals surface area contributed by atoms with Crippen LogP contribution in [0.25, 0.3) is 0 Å². The largest absolute Gasteiger partial charge is 0.475 e. The molecule has 1 fully saturated rings. The maximum atomic E-state index is 10.8. The summed E-state index contributed by atoms with van der Waals surface area (Å²) in [6.45, 7) is 5.81. The molecule has 0 saturated heterocycles. The van der Waals surface area contributed by atoms with E-state index in [1.54, 1.807) is 13.0 Å². The first-order valence-corrected chi connectivity index (χ1v) is 6.59. The van der Waals surface area contributed by atoms with Gasteiger partial charge in [-0.1, -0.05) is 13.3 Å². The SMILES string of the molecule is Cc1oc(C(=O)O)cc1CNCC1CCC(C)C1. The third kappa shape index (κ3) is 3.13. The zero-order valence-corrected chi connectivity index (χ0v) is 11.0. The molecule has 0 bridgehead atoms. The van der Waals surface area contributed by atoms with Crippen molar-refractivity contribution >= 4 is 5.97 Å². The number of carbonyl (C=O) groups is 1. The van der Waals surface area contributed by atoms with E-state index in [0.29, 0.717) is 12.3 Å². The molecule has 1 aliphatic rings. The molecule has 2 atom stereocenters. The smallest absolute Gasteiger partial charge is 0.371 e. The third-order valence-electron chi connectivity index (χ3n) is 3.78. The van der Waals surface area contributed by atoms with E-state index in [9.17, 15) is 4.79 Å². The second-order valence-corrected chi connectivity index (χ2v) is 5.41. The molecule has 4 heteroatoms. The minimum atomic E-state index is -1.01. The van der Waals surface area contributed by atoms with E-state index in [0.717, 1.165) is 23.9 Å². The number of hydrogen-bond acceptors (Lipinski definition) is 3. The monoisotopic (exact) mass is 251 g/mol. The topological polar surface area (TPSA) is 62.5 Å². The maximum absolute atomic E-state index is 10.8. The molecule has 1 heterocycles. The Bertz CT molecular complexity index is 425. The lowest BCUT2D eigenvalue weighted by atomic mass is 10.1. The summed E-state index contributed by atoms with van der Waals surface area (Å²) in [6, 6.07) is 1.61. The number of furan rings is 1. The highest BCUT2D eigenvalue weighted by Gasteiger charge is 2.21. The van der Waals surface area contributed by atoms with Crippen molar-refractivity contribution in [1.82, 2.24) is 5.32 Å². The van der Waals surface area contributed by atoms with Gasteiger partial charge in [0.15, 0.2) is 0 Å². The summed E-state index contributed by atoms with van der Waals surface area (Å²) in [4.78, 5) is 10.8. The Kier molecular flexibility index (Phi) is 4.07. The molecular formula is C14H21NO3. The molecule has 1 saturated carbocycles. The third-order valence-corrected chi connectivity index (χ3v) is 3.78. The van der Waals surface area contributed by atoms with Gasteiger partial charge in [0.2, 0.25) is 5.76 Å². The minimum absolute atomic E-state index is 0.0267. The van der Waals surface area contributed by atoms with Gasteiger partial charge in [0.1, 0.15) is 5.76 Å². The van der Waals surface area contributed by atoms with Crippen molar-refractivity contribution in [2.45, 2.75) is 39.7 Å². The van der Waals surface area contributed by atoms with Crippen LogP contribution in [0, 0.1) is 18.8 Å². The maximum Gasteiger partial charge on any atom is 0.371 e. The van der Waals surface area contributed by atoms with Crippen molar-refractivity contribution in [3.63, 3.8) is 0 Å². The highest BCUT2D eigenvalue weighted by atomic mass is 16.4. The van der Waals surface area contributed by atoms with Crippen molar-refractivity contribution in [2.75, 3.05) is 6.54 Å². The van der Waals surface area contributed by atoms with Crippen LogP contribution in [-0.2, 0) is 6.54 Å². The van der Waals surface area contributed by atoms with Crippen molar-refractivity contribution in [3.8, 4) is 0 Å². The number of carboxylic acid groups (broad SMARTS) is 1. The average Bonchev–Trinajstić information content (AvgIpc) is 2.87. The van der Waals surface area contributed by atoms with Crippen LogP contribution in [0.4, 0.5) is 0 Å². The minimum Gasteiger partial charge on any atom is -0.475 e. The quantitative estimate of drug-likeness (QED) is 0.844. The van der Waals surface area contributed by atoms with E-state index < -0.39 is 5.97 Å². The summed E-state index contributed by atoms with van der Waals surface area (Å²) >= 11 is 0. The molecule has 18 heavy (non-hydrogen) atoms. The summed E-state index contributed by atoms with van der Waals surface area (Å²) in [5.74, 6) is 1.34. The number of aryl methyl sites for hydroxylation is 1. The fourth-order valence-electron chi connectivity index (χ4n) is 2.72. The molecular weight excluding hydrogens is 230 g/mol. The first-order chi connectivity index (χ1) is 8.56. The lowest BCUT2D eigenvalue weighted by Gasteiger charge is -2.10. The summed E-state index contributed by atoms with van der Waals surface area (Å²) in [5.41, 5.74) is 0.943. The van der Waals surface area contributed by atoms with Gasteiger partial charge in [-0.25, -0.2) is 4.79 Å². The van der Waals surface area contributed by atoms with Crippen molar-refractivity contribution < 1.29 is 14.3 Å². The van der Waals surface area contributed by atoms with Crippen LogP contribution in [-0.4, -0.2) is 17.6 Å². The number of nitrogens with one attached hydrogen (secondary N) is 1. The van der Waals surface area contributed by atoms with Gasteiger partial charge in [0, 0.05) is 12.1 Å². The van der Waals surface area contributed by atoms with Crippen LogP contribution in [0.2, 0.25) is 0 Å². The number of hydrogen-bond donors (Lipinski definition) is 2. The average molecular weight is 251 g/mol. The molecule has 0 radical (unpaired) electrons. The van der Waals surface area contributed by atoms with Gasteiger partial charge < -0.3 is 14.8 Å². The lowest BCUT2D eigenvalue weighted by Crippen LogP contribution is -2.21. The first-order valence-electron chi connectivity index (χ1n) is 6.59. The summed E-state index contributed by atoms with van der Waals surface area (Å²) < 4.78 is 5.18. The van der Waals surface area contributed by atoms with Gasteiger partial charge >= 0.3 is 5.97 Å². The second kappa shape index (κ2) is 5.57. The molecule has 0 aromatic carbocycles. The van der Waals surface area contributed by atoms with Crippen molar-refractivity contribution in [3.05, 3.63) is 23.2 Å². The van der Waals surface area contributed by atoms with Gasteiger partial charge in [-0.2, -0.15) is 0 Å². The molecule has 2 unspecified atom stereocenters. The van der Waals surface area contributed by atoms with Gasteiger partial charge in [-0.15, -0.1) is 0 Å². The summed E-state index contributed by atoms with van der Waals surface area (Å²) in [5, 5.41) is 12.2. The molecule has 100 valence electrons. The fraction of sp³-hybridized carbons (Fsp3) is 0.643. The number of rotatable bonds is 5. The molecule has 2 N–H and O–H groups in total. The molecule has 0 spiro atoms. The first kappa shape index (κ1) is 13.1. The van der Waals surface area contributed by atoms with Gasteiger partial charge in [0.25, 0.3) is 0 Å². The lowest BCUT2D eigenvalue weighted by molar-refractivity contribution is 0.0661. The summed E-state index contributed by atoms with van der Waals surface area (Å²) in [7, 11) is 0. The molecule has 2 rings (SSSR count). The molecule has 0 amide bonds. The normalized spacial score (nSPS) is 23.4. The zero-order chi connectivity index (χ0) is 13.1. The molecule has 1 aromatic heterocycles. The Hall–Kier alpha value is -1.29. The summed E-state index contributed by atoms with van der Waals surface area (Å²) in [6.07, 6.45) is 3.94. The number of carboxylic acids is 1. The standard InChI is InChI=1S/C14H21NO3/c1-9-3-4-11(5-9)7-15-8-12-6-13(14(16)17)18-10(12)2/h6,9,11,15H,3-5,7-8H2,1-2H3,(H,16,17). The highest BCUT2D eigenvalue weighted by molar-refractivity contribution is 5.84. The predicted octanol–water partition coefficient (Wildman–Crippen LogP) is 2.81. The van der Waals surface area contributed by atoms with E-state index in [1.165, 1.54) is 19.3 Å². The van der Waals surface area contributed by atoms with Gasteiger partial charge in [-0.05, 0) is 44.2 Å². The van der Waals surface area contributed by atoms with E-state index in [2.05, 4.69) is 12.2 Å². The highest BCUT2D eigenvalue weighted by Crippen LogP contribution is 2.29. The van der Waals surface area contributed by atoms with Crippen LogP contribution in [0.1, 0.15) is 48.1 Å². The van der Waals surface area contributed by atoms with E-state index in [4.69, 9.17) is 9.52 Å². The van der Waals surface area contributed by atoms with Crippen LogP contribution in [0.5, 0.6) is 0 Å². The Balaban J connectivity index is 1.81. The van der Waals surface area contributed by atoms with E-state index in [1.807, 2.05) is 0 Å². The Morgan fingerprint density at radius 3 is 2.89 bits per heavy atom. The van der Waals surface area contributed by atoms with Gasteiger partial charge in [-0.3, -0.25) is 0 Å². The molecule has 0 aliphatic heterocycles. The molecule has 1 aliphatic carbocycles. The van der Waals surface area contributed by atoms with Crippen molar-refractivity contribution in [2.24, 2.45) is 11.8 Å². The number of aromatic carboxylic acids is 1. The van der Waals surface area contributed by atoms with E-state index in [-0.39, 0.29) is 5.76 Å². The molecule has 1 aromatic rings. The fourth-order valence-corrected chi connectivity index (χ4v) is 2.72. The van der Waals surface area contributed by atoms with Crippen LogP contribution in [0.15, 0.2) is 10.5 Å². The van der Waals surface area contributed by atoms with Crippen molar-refractivity contribution in [1.29, 1.82) is 0 Å². The second-order valence-electron chi connectivity index (χ2n) is 5.41. The van der Waals surface area contributed by atoms with Crippen LogP contribution >= 0.6 is 0 Å². The predicted molar refractivity (Wildman–Crippen MR) is 68.6 cm³/mol. The zero-order valence-electron chi connectivity index (χ0n) is 11.0. The Morgan fingerprint density at radius 2 is 2.33 bits per heavy atom. The molecule has 4 nitrogen and oxygen atoms in total. The Morgan fingerprint density at radius 1 is 1.56 bits per heavy atom. The van der Waals surface area contributed by atoms with Crippen LogP contribution in [0.3, 0.4) is 0 Å². The van der Waals surface area contributed by atoms with Crippen LogP contribution < -0.4 is 5.32 Å². The van der Waals surface area contributed by atoms with E-state index >= 15 is 0 Å². The Labute approximate surface area is 107 Å².